The van der Waals surface area contributed by atoms with Gasteiger partial charge in [0.05, 0.1) is 6.10 Å². The Balaban J connectivity index is 1.83. The predicted molar refractivity (Wildman–Crippen MR) is 77.0 cm³/mol. The first-order valence-electron chi connectivity index (χ1n) is 6.88. The van der Waals surface area contributed by atoms with Crippen molar-refractivity contribution >= 4 is 11.3 Å². The Morgan fingerprint density at radius 3 is 2.94 bits per heavy atom. The van der Waals surface area contributed by atoms with Crippen LogP contribution in [0.2, 0.25) is 0 Å². The topological polar surface area (TPSA) is 24.5 Å². The van der Waals surface area contributed by atoms with E-state index in [4.69, 9.17) is 4.74 Å². The van der Waals surface area contributed by atoms with Crippen molar-refractivity contribution in [3.63, 3.8) is 0 Å². The second-order valence-electron chi connectivity index (χ2n) is 4.86. The summed E-state index contributed by atoms with van der Waals surface area (Å²) in [4.78, 5) is 5.37. The van der Waals surface area contributed by atoms with Crippen LogP contribution in [0.3, 0.4) is 0 Å². The second kappa shape index (κ2) is 7.24. The van der Waals surface area contributed by atoms with E-state index in [-0.39, 0.29) is 0 Å². The maximum Gasteiger partial charge on any atom is 0.0702 e. The molecule has 0 bridgehead atoms. The highest BCUT2D eigenvalue weighted by molar-refractivity contribution is 7.11. The molecule has 1 N–H and O–H groups in total. The third kappa shape index (κ3) is 4.05. The highest BCUT2D eigenvalue weighted by Crippen LogP contribution is 2.20. The highest BCUT2D eigenvalue weighted by Gasteiger charge is 2.18. The lowest BCUT2D eigenvalue weighted by atomic mass is 10.2. The molecule has 1 unspecified atom stereocenters. The molecule has 1 aromatic rings. The van der Waals surface area contributed by atoms with Crippen molar-refractivity contribution in [3.05, 3.63) is 21.9 Å². The van der Waals surface area contributed by atoms with E-state index >= 15 is 0 Å². The van der Waals surface area contributed by atoms with Crippen molar-refractivity contribution in [1.29, 1.82) is 0 Å². The normalized spacial score (nSPS) is 19.8. The van der Waals surface area contributed by atoms with Crippen LogP contribution in [0.5, 0.6) is 0 Å². The van der Waals surface area contributed by atoms with Crippen LogP contribution in [-0.4, -0.2) is 37.7 Å². The van der Waals surface area contributed by atoms with Crippen molar-refractivity contribution in [2.24, 2.45) is 0 Å². The minimum atomic E-state index is 0.460. The van der Waals surface area contributed by atoms with Gasteiger partial charge in [-0.05, 0) is 38.6 Å². The fraction of sp³-hybridized carbons (Fsp3) is 0.714. The van der Waals surface area contributed by atoms with E-state index in [0.717, 1.165) is 32.8 Å². The maximum absolute atomic E-state index is 5.72. The van der Waals surface area contributed by atoms with Gasteiger partial charge in [0.1, 0.15) is 0 Å². The quantitative estimate of drug-likeness (QED) is 0.822. The molecule has 1 aromatic heterocycles. The van der Waals surface area contributed by atoms with Gasteiger partial charge in [-0.2, -0.15) is 0 Å². The summed E-state index contributed by atoms with van der Waals surface area (Å²) in [5, 5.41) is 3.20. The third-order valence-electron chi connectivity index (χ3n) is 3.38. The third-order valence-corrected chi connectivity index (χ3v) is 4.45. The largest absolute Gasteiger partial charge is 0.377 e. The van der Waals surface area contributed by atoms with Gasteiger partial charge in [0.25, 0.3) is 0 Å². The van der Waals surface area contributed by atoms with E-state index in [1.807, 2.05) is 18.4 Å². The Bertz CT molecular complexity index is 347. The smallest absolute Gasteiger partial charge is 0.0702 e. The van der Waals surface area contributed by atoms with Crippen LogP contribution in [0.1, 0.15) is 29.5 Å². The zero-order chi connectivity index (χ0) is 12.8. The molecule has 102 valence electrons. The van der Waals surface area contributed by atoms with Crippen LogP contribution < -0.4 is 5.32 Å². The van der Waals surface area contributed by atoms with E-state index in [1.54, 1.807) is 0 Å². The molecule has 1 aliphatic heterocycles. The Labute approximate surface area is 114 Å². The van der Waals surface area contributed by atoms with Gasteiger partial charge in [-0.15, -0.1) is 11.3 Å². The monoisotopic (exact) mass is 268 g/mol. The van der Waals surface area contributed by atoms with Gasteiger partial charge < -0.3 is 10.1 Å². The lowest BCUT2D eigenvalue weighted by molar-refractivity contribution is 0.0728. The Hall–Kier alpha value is -0.420. The van der Waals surface area contributed by atoms with Crippen LogP contribution in [0.25, 0.3) is 0 Å². The van der Waals surface area contributed by atoms with Crippen molar-refractivity contribution in [2.75, 3.05) is 26.7 Å². The molecule has 3 nitrogen and oxygen atoms in total. The molecule has 18 heavy (non-hydrogen) atoms. The summed E-state index contributed by atoms with van der Waals surface area (Å²) in [6, 6.07) is 4.49. The molecule has 0 spiro atoms. The summed E-state index contributed by atoms with van der Waals surface area (Å²) in [5.41, 5.74) is 0. The Kier molecular flexibility index (Phi) is 5.63. The molecule has 0 amide bonds. The minimum absolute atomic E-state index is 0.460. The first kappa shape index (κ1) is 14.0. The molecule has 1 aliphatic rings. The second-order valence-corrected chi connectivity index (χ2v) is 6.11. The zero-order valence-corrected chi connectivity index (χ0v) is 12.3. The summed E-state index contributed by atoms with van der Waals surface area (Å²) >= 11 is 1.91. The first-order chi connectivity index (χ1) is 8.81. The van der Waals surface area contributed by atoms with E-state index in [2.05, 4.69) is 29.3 Å². The predicted octanol–water partition coefficient (Wildman–Crippen LogP) is 2.47. The Morgan fingerprint density at radius 2 is 2.28 bits per heavy atom. The maximum atomic E-state index is 5.72. The molecule has 1 fully saturated rings. The van der Waals surface area contributed by atoms with E-state index in [0.29, 0.717) is 6.10 Å². The summed E-state index contributed by atoms with van der Waals surface area (Å²) in [6.45, 7) is 7.40. The van der Waals surface area contributed by atoms with Gasteiger partial charge >= 0.3 is 0 Å². The van der Waals surface area contributed by atoms with Crippen molar-refractivity contribution in [2.45, 2.75) is 39.0 Å². The van der Waals surface area contributed by atoms with Crippen molar-refractivity contribution < 1.29 is 4.74 Å². The number of rotatable bonds is 7. The van der Waals surface area contributed by atoms with E-state index < -0.39 is 0 Å². The standard InChI is InChI=1S/C14H24N2OS/c1-3-16(10-12-5-4-8-17-12)11-14-7-6-13(18-14)9-15-2/h6-7,12,15H,3-5,8-11H2,1-2H3. The number of hydrogen-bond donors (Lipinski definition) is 1. The van der Waals surface area contributed by atoms with Gasteiger partial charge in [0.2, 0.25) is 0 Å². The average molecular weight is 268 g/mol. The molecule has 1 atom stereocenters. The molecule has 2 heterocycles. The highest BCUT2D eigenvalue weighted by atomic mass is 32.1. The van der Waals surface area contributed by atoms with Gasteiger partial charge in [-0.25, -0.2) is 0 Å². The molecule has 0 aromatic carbocycles. The molecule has 1 saturated heterocycles. The van der Waals surface area contributed by atoms with Crippen LogP contribution in [0.4, 0.5) is 0 Å². The number of nitrogens with one attached hydrogen (secondary N) is 1. The minimum Gasteiger partial charge on any atom is -0.377 e. The number of ether oxygens (including phenoxy) is 1. The van der Waals surface area contributed by atoms with E-state index in [1.165, 1.54) is 22.6 Å². The zero-order valence-electron chi connectivity index (χ0n) is 11.4. The summed E-state index contributed by atoms with van der Waals surface area (Å²) in [7, 11) is 2.00. The fourth-order valence-electron chi connectivity index (χ4n) is 2.38. The molecule has 0 aliphatic carbocycles. The van der Waals surface area contributed by atoms with Gasteiger partial charge in [-0.3, -0.25) is 4.90 Å². The van der Waals surface area contributed by atoms with Crippen molar-refractivity contribution in [3.8, 4) is 0 Å². The molecule has 2 rings (SSSR count). The lowest BCUT2D eigenvalue weighted by Crippen LogP contribution is -2.31. The Morgan fingerprint density at radius 1 is 1.44 bits per heavy atom. The van der Waals surface area contributed by atoms with E-state index in [9.17, 15) is 0 Å². The number of thiophene rings is 1. The lowest BCUT2D eigenvalue weighted by Gasteiger charge is -2.22. The van der Waals surface area contributed by atoms with Gasteiger partial charge in [0.15, 0.2) is 0 Å². The number of nitrogens with zero attached hydrogens (tertiary/aromatic N) is 1. The average Bonchev–Trinajstić information content (AvgIpc) is 3.01. The molecule has 0 saturated carbocycles. The van der Waals surface area contributed by atoms with Crippen LogP contribution in [0, 0.1) is 0 Å². The van der Waals surface area contributed by atoms with Crippen LogP contribution in [-0.2, 0) is 17.8 Å². The summed E-state index contributed by atoms with van der Waals surface area (Å²) in [5.74, 6) is 0. The number of likely N-dealkylation sites (N-methyl/N-ethyl adjacent to an activating group) is 1. The molecular formula is C14H24N2OS. The van der Waals surface area contributed by atoms with Crippen LogP contribution >= 0.6 is 11.3 Å². The molecule has 0 radical (unpaired) electrons. The summed E-state index contributed by atoms with van der Waals surface area (Å²) < 4.78 is 5.72. The van der Waals surface area contributed by atoms with Crippen molar-refractivity contribution in [1.82, 2.24) is 10.2 Å². The first-order valence-corrected chi connectivity index (χ1v) is 7.69. The molecular weight excluding hydrogens is 244 g/mol. The van der Waals surface area contributed by atoms with Crippen LogP contribution in [0.15, 0.2) is 12.1 Å². The van der Waals surface area contributed by atoms with Gasteiger partial charge in [0, 0.05) is 36.0 Å². The fourth-order valence-corrected chi connectivity index (χ4v) is 3.45. The SMILES string of the molecule is CCN(Cc1ccc(CNC)s1)CC1CCCO1. The number of hydrogen-bond acceptors (Lipinski definition) is 4. The van der Waals surface area contributed by atoms with Gasteiger partial charge in [-0.1, -0.05) is 6.92 Å². The summed E-state index contributed by atoms with van der Waals surface area (Å²) in [6.07, 6.45) is 2.92. The molecule has 4 heteroatoms.